The highest BCUT2D eigenvalue weighted by Crippen LogP contribution is 2.19. The summed E-state index contributed by atoms with van der Waals surface area (Å²) in [6.07, 6.45) is 7.35. The summed E-state index contributed by atoms with van der Waals surface area (Å²) in [6.45, 7) is 1.87. The van der Waals surface area contributed by atoms with E-state index < -0.39 is 10.0 Å². The number of nitrogens with zero attached hydrogens (tertiary/aromatic N) is 2. The minimum absolute atomic E-state index is 0.0792. The van der Waals surface area contributed by atoms with Gasteiger partial charge in [-0.25, -0.2) is 17.5 Å². The number of hydrogen-bond acceptors (Lipinski definition) is 5. The molecule has 3 rings (SSSR count). The molecule has 0 aromatic heterocycles. The number of carbonyl (C=O) groups is 2. The van der Waals surface area contributed by atoms with Crippen LogP contribution in [-0.4, -0.2) is 75.4 Å². The Morgan fingerprint density at radius 3 is 2.21 bits per heavy atom. The maximum absolute atomic E-state index is 12.5. The van der Waals surface area contributed by atoms with Gasteiger partial charge in [0.2, 0.25) is 15.9 Å². The van der Waals surface area contributed by atoms with Crippen LogP contribution in [-0.2, 0) is 21.4 Å². The standard InChI is InChI=1S/C23H37N5O4S/c1-27(2)33(31,32)21-11-7-6-8-18(21)16-24-22(29)17-28-14-12-20(13-15-28)26-23(30)25-19-9-4-3-5-10-19/h6-8,11,19-20H,3-5,9-10,12-17H2,1-2H3,(H,24,29)(H2,25,26,30). The van der Waals surface area contributed by atoms with Crippen LogP contribution in [0.4, 0.5) is 4.79 Å². The molecule has 9 nitrogen and oxygen atoms in total. The van der Waals surface area contributed by atoms with Crippen LogP contribution in [0.25, 0.3) is 0 Å². The molecule has 2 fully saturated rings. The largest absolute Gasteiger partial charge is 0.351 e. The predicted octanol–water partition coefficient (Wildman–Crippen LogP) is 1.65. The number of benzene rings is 1. The molecule has 10 heteroatoms. The Morgan fingerprint density at radius 2 is 1.58 bits per heavy atom. The van der Waals surface area contributed by atoms with Crippen LogP contribution < -0.4 is 16.0 Å². The molecule has 1 aromatic carbocycles. The van der Waals surface area contributed by atoms with E-state index in [1.807, 2.05) is 0 Å². The molecule has 0 atom stereocenters. The number of piperidine rings is 1. The van der Waals surface area contributed by atoms with Crippen molar-refractivity contribution in [1.82, 2.24) is 25.2 Å². The first-order valence-electron chi connectivity index (χ1n) is 11.8. The molecule has 184 valence electrons. The number of sulfonamides is 1. The van der Waals surface area contributed by atoms with Crippen LogP contribution in [0.15, 0.2) is 29.2 Å². The Bertz CT molecular complexity index is 907. The van der Waals surface area contributed by atoms with Gasteiger partial charge in [-0.15, -0.1) is 0 Å². The molecule has 0 spiro atoms. The van der Waals surface area contributed by atoms with Gasteiger partial charge in [0.05, 0.1) is 11.4 Å². The second-order valence-corrected chi connectivity index (χ2v) is 11.3. The Balaban J connectivity index is 1.40. The van der Waals surface area contributed by atoms with Gasteiger partial charge in [-0.2, -0.15) is 0 Å². The zero-order valence-corrected chi connectivity index (χ0v) is 20.5. The summed E-state index contributed by atoms with van der Waals surface area (Å²) in [4.78, 5) is 27.0. The van der Waals surface area contributed by atoms with Gasteiger partial charge < -0.3 is 16.0 Å². The lowest BCUT2D eigenvalue weighted by molar-refractivity contribution is -0.122. The highest BCUT2D eigenvalue weighted by atomic mass is 32.2. The molecule has 0 bridgehead atoms. The van der Waals surface area contributed by atoms with E-state index >= 15 is 0 Å². The Labute approximate surface area is 197 Å². The number of nitrogens with one attached hydrogen (secondary N) is 3. The van der Waals surface area contributed by atoms with Crippen LogP contribution in [0.5, 0.6) is 0 Å². The van der Waals surface area contributed by atoms with Crippen molar-refractivity contribution in [2.24, 2.45) is 0 Å². The first-order chi connectivity index (χ1) is 15.8. The molecule has 1 aliphatic heterocycles. The van der Waals surface area contributed by atoms with Crippen LogP contribution in [0, 0.1) is 0 Å². The minimum Gasteiger partial charge on any atom is -0.351 e. The average Bonchev–Trinajstić information content (AvgIpc) is 2.79. The van der Waals surface area contributed by atoms with E-state index in [0.717, 1.165) is 38.8 Å². The molecule has 1 aromatic rings. The molecular formula is C23H37N5O4S. The summed E-state index contributed by atoms with van der Waals surface area (Å²) in [6, 6.07) is 7.04. The lowest BCUT2D eigenvalue weighted by Crippen LogP contribution is -2.51. The smallest absolute Gasteiger partial charge is 0.315 e. The van der Waals surface area contributed by atoms with Crippen LogP contribution in [0.1, 0.15) is 50.5 Å². The minimum atomic E-state index is -3.58. The molecule has 1 saturated heterocycles. The van der Waals surface area contributed by atoms with E-state index in [4.69, 9.17) is 0 Å². The van der Waals surface area contributed by atoms with Crippen molar-refractivity contribution in [3.05, 3.63) is 29.8 Å². The zero-order chi connectivity index (χ0) is 23.8. The van der Waals surface area contributed by atoms with E-state index in [1.165, 1.54) is 37.7 Å². The Morgan fingerprint density at radius 1 is 0.970 bits per heavy atom. The van der Waals surface area contributed by atoms with Gasteiger partial charge in [-0.3, -0.25) is 9.69 Å². The van der Waals surface area contributed by atoms with Gasteiger partial charge in [-0.1, -0.05) is 37.5 Å². The fraction of sp³-hybridized carbons (Fsp3) is 0.652. The number of hydrogen-bond donors (Lipinski definition) is 3. The number of urea groups is 1. The predicted molar refractivity (Wildman–Crippen MR) is 127 cm³/mol. The molecule has 33 heavy (non-hydrogen) atoms. The fourth-order valence-electron chi connectivity index (χ4n) is 4.45. The van der Waals surface area contributed by atoms with Crippen molar-refractivity contribution >= 4 is 22.0 Å². The molecule has 1 aliphatic carbocycles. The summed E-state index contributed by atoms with van der Waals surface area (Å²) in [5.41, 5.74) is 0.562. The molecule has 1 heterocycles. The molecule has 3 amide bonds. The number of rotatable bonds is 8. The highest BCUT2D eigenvalue weighted by Gasteiger charge is 2.24. The second kappa shape index (κ2) is 11.8. The van der Waals surface area contributed by atoms with Crippen molar-refractivity contribution in [3.8, 4) is 0 Å². The van der Waals surface area contributed by atoms with Crippen molar-refractivity contribution in [3.63, 3.8) is 0 Å². The lowest BCUT2D eigenvalue weighted by Gasteiger charge is -2.32. The zero-order valence-electron chi connectivity index (χ0n) is 19.7. The first kappa shape index (κ1) is 25.5. The number of likely N-dealkylation sites (tertiary alicyclic amines) is 1. The second-order valence-electron chi connectivity index (χ2n) is 9.18. The molecular weight excluding hydrogens is 442 g/mol. The summed E-state index contributed by atoms with van der Waals surface area (Å²) in [5.74, 6) is -0.145. The summed E-state index contributed by atoms with van der Waals surface area (Å²) in [7, 11) is -0.599. The first-order valence-corrected chi connectivity index (χ1v) is 13.3. The summed E-state index contributed by atoms with van der Waals surface area (Å²) in [5, 5.41) is 9.01. The third kappa shape index (κ3) is 7.41. The van der Waals surface area contributed by atoms with E-state index in [2.05, 4.69) is 20.9 Å². The van der Waals surface area contributed by atoms with Gasteiger partial charge in [0, 0.05) is 45.8 Å². The number of amides is 3. The van der Waals surface area contributed by atoms with E-state index in [-0.39, 0.29) is 36.0 Å². The van der Waals surface area contributed by atoms with Gasteiger partial charge >= 0.3 is 6.03 Å². The maximum Gasteiger partial charge on any atom is 0.315 e. The average molecular weight is 480 g/mol. The monoisotopic (exact) mass is 479 g/mol. The molecule has 2 aliphatic rings. The molecule has 0 radical (unpaired) electrons. The van der Waals surface area contributed by atoms with Gasteiger partial charge in [0.25, 0.3) is 0 Å². The lowest BCUT2D eigenvalue weighted by atomic mass is 9.96. The molecule has 1 saturated carbocycles. The third-order valence-electron chi connectivity index (χ3n) is 6.44. The normalized spacial score (nSPS) is 18.8. The number of carbonyl (C=O) groups excluding carboxylic acids is 2. The van der Waals surface area contributed by atoms with Crippen molar-refractivity contribution in [2.45, 2.75) is 68.5 Å². The molecule has 0 unspecified atom stereocenters. The summed E-state index contributed by atoms with van der Waals surface area (Å²) >= 11 is 0. The van der Waals surface area contributed by atoms with Gasteiger partial charge in [-0.05, 0) is 37.3 Å². The van der Waals surface area contributed by atoms with Crippen molar-refractivity contribution in [2.75, 3.05) is 33.7 Å². The van der Waals surface area contributed by atoms with Crippen LogP contribution >= 0.6 is 0 Å². The quantitative estimate of drug-likeness (QED) is 0.525. The SMILES string of the molecule is CN(C)S(=O)(=O)c1ccccc1CNC(=O)CN1CCC(NC(=O)NC2CCCCC2)CC1. The van der Waals surface area contributed by atoms with E-state index in [0.29, 0.717) is 11.6 Å². The van der Waals surface area contributed by atoms with Crippen molar-refractivity contribution < 1.29 is 18.0 Å². The Hall–Kier alpha value is -2.17. The highest BCUT2D eigenvalue weighted by molar-refractivity contribution is 7.89. The van der Waals surface area contributed by atoms with E-state index in [9.17, 15) is 18.0 Å². The fourth-order valence-corrected chi connectivity index (χ4v) is 5.56. The van der Waals surface area contributed by atoms with Crippen LogP contribution in [0.3, 0.4) is 0 Å². The van der Waals surface area contributed by atoms with Gasteiger partial charge in [0.1, 0.15) is 0 Å². The Kier molecular flexibility index (Phi) is 9.10. The van der Waals surface area contributed by atoms with Gasteiger partial charge in [0.15, 0.2) is 0 Å². The van der Waals surface area contributed by atoms with Crippen molar-refractivity contribution in [1.29, 1.82) is 0 Å². The third-order valence-corrected chi connectivity index (χ3v) is 8.35. The topological polar surface area (TPSA) is 111 Å². The summed E-state index contributed by atoms with van der Waals surface area (Å²) < 4.78 is 26.2. The molecule has 3 N–H and O–H groups in total. The van der Waals surface area contributed by atoms with E-state index in [1.54, 1.807) is 24.3 Å². The van der Waals surface area contributed by atoms with Crippen LogP contribution in [0.2, 0.25) is 0 Å². The maximum atomic E-state index is 12.5.